The number of Topliss-reactive ketones (excluding diaryl/α,β-unsaturated/α-hetero) is 1. The van der Waals surface area contributed by atoms with Crippen LogP contribution in [-0.2, 0) is 19.2 Å². The fourth-order valence-electron chi connectivity index (χ4n) is 6.14. The van der Waals surface area contributed by atoms with Gasteiger partial charge in [0.15, 0.2) is 11.6 Å². The molecule has 4 atom stereocenters. The van der Waals surface area contributed by atoms with Gasteiger partial charge in [-0.25, -0.2) is 0 Å². The summed E-state index contributed by atoms with van der Waals surface area (Å²) in [5.74, 6) is -3.47. The van der Waals surface area contributed by atoms with Gasteiger partial charge in [-0.3, -0.25) is 24.1 Å². The molecule has 2 amide bonds. The van der Waals surface area contributed by atoms with Gasteiger partial charge in [0.2, 0.25) is 11.8 Å². The normalized spacial score (nSPS) is 27.4. The van der Waals surface area contributed by atoms with Crippen LogP contribution in [-0.4, -0.2) is 28.5 Å². The number of benzene rings is 2. The first-order chi connectivity index (χ1) is 17.3. The monoisotopic (exact) mass is 563 g/mol. The second-order valence-corrected chi connectivity index (χ2v) is 10.7. The highest BCUT2D eigenvalue weighted by atomic mass is 79.9. The van der Waals surface area contributed by atoms with Gasteiger partial charge in [-0.15, -0.1) is 0 Å². The molecule has 180 valence electrons. The zero-order valence-corrected chi connectivity index (χ0v) is 21.1. The van der Waals surface area contributed by atoms with Crippen LogP contribution >= 0.6 is 27.5 Å². The molecule has 6 nitrogen and oxygen atoms in total. The summed E-state index contributed by atoms with van der Waals surface area (Å²) in [7, 11) is 0. The minimum atomic E-state index is -0.658. The van der Waals surface area contributed by atoms with Crippen molar-refractivity contribution in [3.05, 3.63) is 92.5 Å². The second kappa shape index (κ2) is 8.39. The molecule has 2 aromatic rings. The first kappa shape index (κ1) is 23.1. The van der Waals surface area contributed by atoms with Crippen LogP contribution in [0.5, 0.6) is 5.75 Å². The van der Waals surface area contributed by atoms with Crippen molar-refractivity contribution in [1.82, 2.24) is 0 Å². The van der Waals surface area contributed by atoms with Crippen LogP contribution in [0.25, 0.3) is 0 Å². The number of carbonyl (C=O) groups is 4. The first-order valence-corrected chi connectivity index (χ1v) is 12.8. The highest BCUT2D eigenvalue weighted by molar-refractivity contribution is 9.12. The number of nitrogens with zero attached hydrogens (tertiary/aromatic N) is 1. The zero-order valence-electron chi connectivity index (χ0n) is 18.8. The Hall–Kier alpha value is -3.29. The van der Waals surface area contributed by atoms with Crippen molar-refractivity contribution < 1.29 is 24.3 Å². The molecule has 0 bridgehead atoms. The van der Waals surface area contributed by atoms with Gasteiger partial charge in [0, 0.05) is 28.2 Å². The Kier molecular flexibility index (Phi) is 5.39. The number of phenolic OH excluding ortho intramolecular Hbond substituents is 1. The Morgan fingerprint density at radius 3 is 2.44 bits per heavy atom. The van der Waals surface area contributed by atoms with Crippen LogP contribution in [0.2, 0.25) is 5.02 Å². The zero-order chi connectivity index (χ0) is 25.3. The molecule has 4 aliphatic rings. The number of anilines is 1. The molecule has 0 saturated carbocycles. The number of halogens is 2. The molecule has 6 rings (SSSR count). The lowest BCUT2D eigenvalue weighted by molar-refractivity contribution is -0.123. The fourth-order valence-corrected chi connectivity index (χ4v) is 6.87. The molecule has 0 spiro atoms. The molecule has 0 radical (unpaired) electrons. The minimum absolute atomic E-state index is 0.0215. The van der Waals surface area contributed by atoms with Gasteiger partial charge in [0.05, 0.1) is 22.0 Å². The van der Waals surface area contributed by atoms with Gasteiger partial charge in [0.25, 0.3) is 0 Å². The Morgan fingerprint density at radius 2 is 1.72 bits per heavy atom. The number of aromatic hydroxyl groups is 1. The van der Waals surface area contributed by atoms with Gasteiger partial charge in [-0.1, -0.05) is 47.5 Å². The van der Waals surface area contributed by atoms with E-state index in [1.54, 1.807) is 30.3 Å². The van der Waals surface area contributed by atoms with Gasteiger partial charge >= 0.3 is 0 Å². The molecular formula is C28H19BrClNO5. The molecule has 36 heavy (non-hydrogen) atoms. The lowest BCUT2D eigenvalue weighted by atomic mass is 9.59. The summed E-state index contributed by atoms with van der Waals surface area (Å²) in [5.41, 5.74) is 2.58. The molecule has 1 heterocycles. The summed E-state index contributed by atoms with van der Waals surface area (Å²) in [6.07, 6.45) is 3.75. The van der Waals surface area contributed by atoms with E-state index in [9.17, 15) is 24.3 Å². The van der Waals surface area contributed by atoms with Crippen molar-refractivity contribution in [3.63, 3.8) is 0 Å². The van der Waals surface area contributed by atoms with Gasteiger partial charge in [-0.2, -0.15) is 0 Å². The molecular weight excluding hydrogens is 546 g/mol. The van der Waals surface area contributed by atoms with Crippen LogP contribution in [0.15, 0.2) is 81.9 Å². The number of carbonyl (C=O) groups excluding carboxylic acids is 4. The number of para-hydroxylation sites is 1. The average Bonchev–Trinajstić information content (AvgIpc) is 3.12. The lowest BCUT2D eigenvalue weighted by Crippen LogP contribution is -2.39. The van der Waals surface area contributed by atoms with Crippen molar-refractivity contribution in [2.75, 3.05) is 4.90 Å². The third-order valence-electron chi connectivity index (χ3n) is 7.64. The maximum atomic E-state index is 13.8. The Morgan fingerprint density at radius 1 is 0.972 bits per heavy atom. The number of ketones is 2. The number of hydrogen-bond donors (Lipinski definition) is 1. The molecule has 0 aromatic heterocycles. The first-order valence-electron chi connectivity index (χ1n) is 11.6. The van der Waals surface area contributed by atoms with Crippen LogP contribution in [0.4, 0.5) is 5.69 Å². The molecule has 1 N–H and O–H groups in total. The van der Waals surface area contributed by atoms with E-state index in [-0.39, 0.29) is 45.1 Å². The van der Waals surface area contributed by atoms with Gasteiger partial charge in [-0.05, 0) is 64.5 Å². The van der Waals surface area contributed by atoms with Crippen LogP contribution in [0.3, 0.4) is 0 Å². The Labute approximate surface area is 220 Å². The van der Waals surface area contributed by atoms with E-state index in [0.717, 1.165) is 5.57 Å². The van der Waals surface area contributed by atoms with Crippen molar-refractivity contribution in [2.24, 2.45) is 17.8 Å². The fraction of sp³-hybridized carbons (Fsp3) is 0.214. The predicted molar refractivity (Wildman–Crippen MR) is 137 cm³/mol. The smallest absolute Gasteiger partial charge is 0.238 e. The van der Waals surface area contributed by atoms with Gasteiger partial charge in [0.1, 0.15) is 5.75 Å². The van der Waals surface area contributed by atoms with Crippen molar-refractivity contribution in [1.29, 1.82) is 0 Å². The van der Waals surface area contributed by atoms with Crippen LogP contribution < -0.4 is 4.90 Å². The summed E-state index contributed by atoms with van der Waals surface area (Å²) >= 11 is 9.76. The molecule has 1 fully saturated rings. The summed E-state index contributed by atoms with van der Waals surface area (Å²) < 4.78 is 0.168. The second-order valence-electron chi connectivity index (χ2n) is 9.45. The lowest BCUT2D eigenvalue weighted by Gasteiger charge is -2.42. The number of hydrogen-bond acceptors (Lipinski definition) is 5. The SMILES string of the molecule is O=C1C=C(Br)C(=O)C2=C1[C@@H](c1ccc(O)cc1Cl)C1=CC[C@@H]3C(=O)N(c4ccccc4)C(=O)[C@@H]3[C@@H]1C2. The average molecular weight is 565 g/mol. The van der Waals surface area contributed by atoms with Crippen LogP contribution in [0.1, 0.15) is 24.3 Å². The van der Waals surface area contributed by atoms with E-state index >= 15 is 0 Å². The number of amides is 2. The molecule has 2 aromatic carbocycles. The Balaban J connectivity index is 1.51. The van der Waals surface area contributed by atoms with E-state index in [1.807, 2.05) is 12.1 Å². The Bertz CT molecular complexity index is 1470. The summed E-state index contributed by atoms with van der Waals surface area (Å²) in [4.78, 5) is 54.9. The number of phenols is 1. The number of rotatable bonds is 2. The largest absolute Gasteiger partial charge is 0.508 e. The van der Waals surface area contributed by atoms with Crippen molar-refractivity contribution >= 4 is 56.6 Å². The van der Waals surface area contributed by atoms with E-state index < -0.39 is 23.7 Å². The molecule has 8 heteroatoms. The van der Waals surface area contributed by atoms with Crippen LogP contribution in [0, 0.1) is 17.8 Å². The quantitative estimate of drug-likeness (QED) is 0.315. The summed E-state index contributed by atoms with van der Waals surface area (Å²) in [6.45, 7) is 0. The van der Waals surface area contributed by atoms with Gasteiger partial charge < -0.3 is 5.11 Å². The topological polar surface area (TPSA) is 91.8 Å². The number of allylic oxidation sites excluding steroid dienone is 6. The predicted octanol–water partition coefficient (Wildman–Crippen LogP) is 5.01. The van der Waals surface area contributed by atoms with Crippen molar-refractivity contribution in [3.8, 4) is 5.75 Å². The number of imide groups is 1. The molecule has 1 saturated heterocycles. The van der Waals surface area contributed by atoms with E-state index in [0.29, 0.717) is 28.8 Å². The maximum absolute atomic E-state index is 13.8. The van der Waals surface area contributed by atoms with E-state index in [1.165, 1.54) is 23.1 Å². The summed E-state index contributed by atoms with van der Waals surface area (Å²) in [6, 6.07) is 13.4. The summed E-state index contributed by atoms with van der Waals surface area (Å²) in [5, 5.41) is 10.2. The third-order valence-corrected chi connectivity index (χ3v) is 8.56. The molecule has 3 aliphatic carbocycles. The highest BCUT2D eigenvalue weighted by Crippen LogP contribution is 2.56. The molecule has 0 unspecified atom stereocenters. The highest BCUT2D eigenvalue weighted by Gasteiger charge is 2.56. The van der Waals surface area contributed by atoms with E-state index in [4.69, 9.17) is 11.6 Å². The third kappa shape index (κ3) is 3.29. The standard InChI is InChI=1S/C28H19BrClNO5/c29-20-12-22(33)25-19(26(20)34)11-18-15(23(25)16-7-6-14(32)10-21(16)30)8-9-17-24(18)28(36)31(27(17)35)13-4-2-1-3-5-13/h1-8,10,12,17-18,23-24,32H,9,11H2/t17-,18+,23+,24-/m0/s1. The van der Waals surface area contributed by atoms with Crippen molar-refractivity contribution in [2.45, 2.75) is 18.8 Å². The number of fused-ring (bicyclic) bond motifs is 3. The minimum Gasteiger partial charge on any atom is -0.508 e. The van der Waals surface area contributed by atoms with E-state index in [2.05, 4.69) is 15.9 Å². The molecule has 1 aliphatic heterocycles. The maximum Gasteiger partial charge on any atom is 0.238 e.